The van der Waals surface area contributed by atoms with Crippen molar-refractivity contribution in [2.75, 3.05) is 13.2 Å². The molecule has 0 saturated carbocycles. The Bertz CT molecular complexity index is 624. The highest BCUT2D eigenvalue weighted by Crippen LogP contribution is 2.21. The van der Waals surface area contributed by atoms with Gasteiger partial charge in [-0.15, -0.1) is 11.3 Å². The number of hydrogen-bond acceptors (Lipinski definition) is 5. The summed E-state index contributed by atoms with van der Waals surface area (Å²) >= 11 is 1.40. The molecule has 0 spiro atoms. The average Bonchev–Trinajstić information content (AvgIpc) is 3.21. The molecule has 1 aliphatic rings. The molecule has 22 heavy (non-hydrogen) atoms. The quantitative estimate of drug-likeness (QED) is 0.920. The van der Waals surface area contributed by atoms with Crippen molar-refractivity contribution in [1.82, 2.24) is 9.88 Å². The summed E-state index contributed by atoms with van der Waals surface area (Å²) in [5.74, 6) is 0.0749. The fourth-order valence-corrected chi connectivity index (χ4v) is 3.11. The van der Waals surface area contributed by atoms with Crippen LogP contribution in [-0.4, -0.2) is 40.2 Å². The van der Waals surface area contributed by atoms with Gasteiger partial charge >= 0.3 is 0 Å². The van der Waals surface area contributed by atoms with E-state index in [-0.39, 0.29) is 17.8 Å². The maximum absolute atomic E-state index is 12.6. The third kappa shape index (κ3) is 3.45. The zero-order chi connectivity index (χ0) is 15.4. The van der Waals surface area contributed by atoms with Gasteiger partial charge in [-0.3, -0.25) is 4.79 Å². The molecule has 0 unspecified atom stereocenters. The van der Waals surface area contributed by atoms with E-state index in [1.807, 2.05) is 12.1 Å². The molecule has 5 nitrogen and oxygen atoms in total. The Morgan fingerprint density at radius 3 is 3.00 bits per heavy atom. The molecule has 2 aromatic rings. The maximum Gasteiger partial charge on any atom is 0.273 e. The second kappa shape index (κ2) is 6.89. The van der Waals surface area contributed by atoms with Crippen LogP contribution in [0.1, 0.15) is 28.9 Å². The van der Waals surface area contributed by atoms with E-state index in [0.717, 1.165) is 25.0 Å². The number of phenolic OH excluding ortho intramolecular Hbond substituents is 1. The summed E-state index contributed by atoms with van der Waals surface area (Å²) < 4.78 is 5.64. The molecule has 1 aromatic heterocycles. The van der Waals surface area contributed by atoms with Gasteiger partial charge < -0.3 is 14.7 Å². The number of hydrogen-bond donors (Lipinski definition) is 1. The lowest BCUT2D eigenvalue weighted by Gasteiger charge is -2.25. The molecule has 1 atom stereocenters. The number of benzene rings is 1. The number of amides is 1. The summed E-state index contributed by atoms with van der Waals surface area (Å²) in [5, 5.41) is 11.7. The van der Waals surface area contributed by atoms with Crippen LogP contribution < -0.4 is 0 Å². The number of ether oxygens (including phenoxy) is 1. The van der Waals surface area contributed by atoms with Gasteiger partial charge in [0.25, 0.3) is 5.91 Å². The SMILES string of the molecule is O=C(c1cscn1)N(Cc1ccccc1O)C[C@@H]1CCCO1. The summed E-state index contributed by atoms with van der Waals surface area (Å²) in [6.07, 6.45) is 2.05. The number of para-hydroxylation sites is 1. The fourth-order valence-electron chi connectivity index (χ4n) is 2.58. The van der Waals surface area contributed by atoms with Crippen molar-refractivity contribution < 1.29 is 14.6 Å². The second-order valence-corrected chi connectivity index (χ2v) is 6.04. The van der Waals surface area contributed by atoms with Crippen LogP contribution in [0.25, 0.3) is 0 Å². The fraction of sp³-hybridized carbons (Fsp3) is 0.375. The third-order valence-corrected chi connectivity index (χ3v) is 4.33. The monoisotopic (exact) mass is 318 g/mol. The smallest absolute Gasteiger partial charge is 0.273 e. The van der Waals surface area contributed by atoms with Crippen LogP contribution in [0.4, 0.5) is 0 Å². The van der Waals surface area contributed by atoms with Crippen molar-refractivity contribution in [3.63, 3.8) is 0 Å². The van der Waals surface area contributed by atoms with E-state index < -0.39 is 0 Å². The van der Waals surface area contributed by atoms with Gasteiger partial charge in [-0.1, -0.05) is 18.2 Å². The van der Waals surface area contributed by atoms with Crippen molar-refractivity contribution in [3.8, 4) is 5.75 Å². The number of phenols is 1. The normalized spacial score (nSPS) is 17.5. The summed E-state index contributed by atoms with van der Waals surface area (Å²) in [4.78, 5) is 18.5. The van der Waals surface area contributed by atoms with Crippen LogP contribution in [0.5, 0.6) is 5.75 Å². The van der Waals surface area contributed by atoms with Crippen LogP contribution >= 0.6 is 11.3 Å². The molecule has 3 rings (SSSR count). The van der Waals surface area contributed by atoms with E-state index in [2.05, 4.69) is 4.98 Å². The number of carbonyl (C=O) groups is 1. The molecular weight excluding hydrogens is 300 g/mol. The first-order chi connectivity index (χ1) is 10.7. The molecule has 0 aliphatic carbocycles. The first-order valence-corrected chi connectivity index (χ1v) is 8.24. The van der Waals surface area contributed by atoms with Crippen molar-refractivity contribution in [2.24, 2.45) is 0 Å². The Hall–Kier alpha value is -1.92. The second-order valence-electron chi connectivity index (χ2n) is 5.32. The lowest BCUT2D eigenvalue weighted by molar-refractivity contribution is 0.0502. The number of aromatic nitrogens is 1. The Morgan fingerprint density at radius 1 is 1.45 bits per heavy atom. The molecule has 0 bridgehead atoms. The van der Waals surface area contributed by atoms with E-state index in [4.69, 9.17) is 4.74 Å². The topological polar surface area (TPSA) is 62.7 Å². The number of aromatic hydroxyl groups is 1. The molecule has 1 N–H and O–H groups in total. The van der Waals surface area contributed by atoms with Gasteiger partial charge in [0.1, 0.15) is 11.4 Å². The highest BCUT2D eigenvalue weighted by atomic mass is 32.1. The molecule has 116 valence electrons. The van der Waals surface area contributed by atoms with Crippen molar-refractivity contribution in [2.45, 2.75) is 25.5 Å². The minimum Gasteiger partial charge on any atom is -0.508 e. The Balaban J connectivity index is 1.79. The minimum atomic E-state index is -0.125. The van der Waals surface area contributed by atoms with Crippen LogP contribution in [0.15, 0.2) is 35.2 Å². The molecule has 2 heterocycles. The van der Waals surface area contributed by atoms with Gasteiger partial charge in [0, 0.05) is 30.6 Å². The lowest BCUT2D eigenvalue weighted by atomic mass is 10.1. The molecular formula is C16H18N2O3S. The largest absolute Gasteiger partial charge is 0.508 e. The number of rotatable bonds is 5. The van der Waals surface area contributed by atoms with Crippen molar-refractivity contribution >= 4 is 17.2 Å². The molecule has 1 saturated heterocycles. The summed E-state index contributed by atoms with van der Waals surface area (Å²) in [6, 6.07) is 7.08. The number of thiazole rings is 1. The van der Waals surface area contributed by atoms with Crippen molar-refractivity contribution in [3.05, 3.63) is 46.4 Å². The molecule has 0 radical (unpaired) electrons. The van der Waals surface area contributed by atoms with Gasteiger partial charge in [-0.2, -0.15) is 0 Å². The van der Waals surface area contributed by atoms with Gasteiger partial charge in [0.15, 0.2) is 0 Å². The van der Waals surface area contributed by atoms with Crippen LogP contribution in [0, 0.1) is 0 Å². The minimum absolute atomic E-state index is 0.0634. The Morgan fingerprint density at radius 2 is 2.32 bits per heavy atom. The highest BCUT2D eigenvalue weighted by Gasteiger charge is 2.25. The van der Waals surface area contributed by atoms with E-state index in [0.29, 0.717) is 18.8 Å². The third-order valence-electron chi connectivity index (χ3n) is 3.74. The van der Waals surface area contributed by atoms with Gasteiger partial charge in [-0.05, 0) is 18.9 Å². The summed E-state index contributed by atoms with van der Waals surface area (Å²) in [6.45, 7) is 1.62. The van der Waals surface area contributed by atoms with E-state index >= 15 is 0 Å². The van der Waals surface area contributed by atoms with Gasteiger partial charge in [0.05, 0.1) is 11.6 Å². The summed E-state index contributed by atoms with van der Waals surface area (Å²) in [7, 11) is 0. The first-order valence-electron chi connectivity index (χ1n) is 7.30. The molecule has 6 heteroatoms. The molecule has 1 fully saturated rings. The molecule has 1 aliphatic heterocycles. The van der Waals surface area contributed by atoms with Crippen LogP contribution in [0.3, 0.4) is 0 Å². The van der Waals surface area contributed by atoms with E-state index in [1.165, 1.54) is 11.3 Å². The van der Waals surface area contributed by atoms with E-state index in [1.54, 1.807) is 27.9 Å². The number of carbonyl (C=O) groups excluding carboxylic acids is 1. The zero-order valence-electron chi connectivity index (χ0n) is 12.1. The number of nitrogens with zero attached hydrogens (tertiary/aromatic N) is 2. The predicted molar refractivity (Wildman–Crippen MR) is 83.9 cm³/mol. The lowest BCUT2D eigenvalue weighted by Crippen LogP contribution is -2.37. The van der Waals surface area contributed by atoms with E-state index in [9.17, 15) is 9.90 Å². The van der Waals surface area contributed by atoms with Gasteiger partial charge in [-0.25, -0.2) is 4.98 Å². The standard InChI is InChI=1S/C16H18N2O3S/c19-15-6-2-1-4-12(15)8-18(9-13-5-3-7-21-13)16(20)14-10-22-11-17-14/h1-2,4,6,10-11,13,19H,3,5,7-9H2/t13-/m0/s1. The zero-order valence-corrected chi connectivity index (χ0v) is 13.0. The van der Waals surface area contributed by atoms with Crippen LogP contribution in [-0.2, 0) is 11.3 Å². The maximum atomic E-state index is 12.6. The molecule has 1 amide bonds. The summed E-state index contributed by atoms with van der Waals surface area (Å²) in [5.41, 5.74) is 2.82. The highest BCUT2D eigenvalue weighted by molar-refractivity contribution is 7.07. The van der Waals surface area contributed by atoms with Gasteiger partial charge in [0.2, 0.25) is 0 Å². The first kappa shape index (κ1) is 15.0. The molecule has 1 aromatic carbocycles. The Labute approximate surface area is 133 Å². The Kier molecular flexibility index (Phi) is 4.70. The van der Waals surface area contributed by atoms with Crippen LogP contribution in [0.2, 0.25) is 0 Å². The average molecular weight is 318 g/mol. The predicted octanol–water partition coefficient (Wildman–Crippen LogP) is 2.67. The van der Waals surface area contributed by atoms with Crippen molar-refractivity contribution in [1.29, 1.82) is 0 Å².